The van der Waals surface area contributed by atoms with Crippen LogP contribution >= 0.6 is 0 Å². The fourth-order valence-electron chi connectivity index (χ4n) is 5.26. The van der Waals surface area contributed by atoms with Gasteiger partial charge in [0.2, 0.25) is 0 Å². The zero-order valence-corrected chi connectivity index (χ0v) is 21.3. The van der Waals surface area contributed by atoms with Gasteiger partial charge in [-0.25, -0.2) is 0 Å². The van der Waals surface area contributed by atoms with Crippen LogP contribution in [0.1, 0.15) is 107 Å². The van der Waals surface area contributed by atoms with Crippen LogP contribution in [0, 0.1) is 23.2 Å². The molecule has 3 heteroatoms. The van der Waals surface area contributed by atoms with Crippen molar-refractivity contribution in [3.05, 3.63) is 64.7 Å². The van der Waals surface area contributed by atoms with Gasteiger partial charge in [-0.3, -0.25) is 4.79 Å². The normalized spacial score (nSPS) is 18.8. The second-order valence-corrected chi connectivity index (χ2v) is 10.0. The van der Waals surface area contributed by atoms with Crippen LogP contribution < -0.4 is 4.74 Å². The first-order valence-corrected chi connectivity index (χ1v) is 13.4. The summed E-state index contributed by atoms with van der Waals surface area (Å²) in [5, 5.41) is 9.67. The lowest BCUT2D eigenvalue weighted by Crippen LogP contribution is -2.25. The van der Waals surface area contributed by atoms with Crippen molar-refractivity contribution in [2.75, 3.05) is 0 Å². The number of hydrogen-bond acceptors (Lipinski definition) is 3. The molecule has 0 saturated heterocycles. The van der Waals surface area contributed by atoms with E-state index in [9.17, 15) is 10.1 Å². The maximum absolute atomic E-state index is 12.9. The Morgan fingerprint density at radius 3 is 2.32 bits per heavy atom. The standard InChI is InChI=1S/C31H41NO2/c1-4-7-9-23(6-3)20-25-12-19-30(29(21-25)22-32)34-31(33)28-17-15-27(16-18-28)26-13-10-24(8-5-2)11-14-26/h10-14,19,21,23,27-28H,4-9,15-18,20H2,1-3H3. The van der Waals surface area contributed by atoms with Gasteiger partial charge in [0.1, 0.15) is 11.8 Å². The van der Waals surface area contributed by atoms with Crippen LogP contribution in [0.3, 0.4) is 0 Å². The molecule has 2 aromatic carbocycles. The molecule has 34 heavy (non-hydrogen) atoms. The van der Waals surface area contributed by atoms with Crippen LogP contribution in [0.2, 0.25) is 0 Å². The summed E-state index contributed by atoms with van der Waals surface area (Å²) < 4.78 is 5.75. The number of carbonyl (C=O) groups is 1. The Hall–Kier alpha value is -2.60. The molecular formula is C31H41NO2. The van der Waals surface area contributed by atoms with Gasteiger partial charge >= 0.3 is 5.97 Å². The van der Waals surface area contributed by atoms with E-state index in [2.05, 4.69) is 51.1 Å². The Morgan fingerprint density at radius 1 is 1.00 bits per heavy atom. The highest BCUT2D eigenvalue weighted by Gasteiger charge is 2.29. The molecule has 0 N–H and O–H groups in total. The third-order valence-corrected chi connectivity index (χ3v) is 7.49. The van der Waals surface area contributed by atoms with Crippen LogP contribution in [-0.4, -0.2) is 5.97 Å². The molecule has 0 spiro atoms. The summed E-state index contributed by atoms with van der Waals surface area (Å²) in [5.74, 6) is 1.30. The SMILES string of the molecule is CCCCC(CC)Cc1ccc(OC(=O)C2CCC(c3ccc(CCC)cc3)CC2)c(C#N)c1. The molecule has 1 saturated carbocycles. The molecular weight excluding hydrogens is 418 g/mol. The van der Waals surface area contributed by atoms with E-state index in [-0.39, 0.29) is 11.9 Å². The summed E-state index contributed by atoms with van der Waals surface area (Å²) in [7, 11) is 0. The lowest BCUT2D eigenvalue weighted by atomic mass is 9.78. The Labute approximate surface area is 206 Å². The molecule has 2 aromatic rings. The van der Waals surface area contributed by atoms with Crippen molar-refractivity contribution < 1.29 is 9.53 Å². The number of benzene rings is 2. The van der Waals surface area contributed by atoms with E-state index in [1.807, 2.05) is 18.2 Å². The van der Waals surface area contributed by atoms with E-state index >= 15 is 0 Å². The number of aryl methyl sites for hydroxylation is 1. The van der Waals surface area contributed by atoms with Gasteiger partial charge in [-0.15, -0.1) is 0 Å². The molecule has 0 aliphatic heterocycles. The number of esters is 1. The summed E-state index contributed by atoms with van der Waals surface area (Å²) in [6, 6.07) is 17.0. The van der Waals surface area contributed by atoms with Crippen LogP contribution in [-0.2, 0) is 17.6 Å². The largest absolute Gasteiger partial charge is 0.425 e. The van der Waals surface area contributed by atoms with Crippen LogP contribution in [0.25, 0.3) is 0 Å². The first-order chi connectivity index (χ1) is 16.6. The van der Waals surface area contributed by atoms with Gasteiger partial charge < -0.3 is 4.74 Å². The van der Waals surface area contributed by atoms with E-state index in [1.165, 1.54) is 36.8 Å². The molecule has 0 heterocycles. The van der Waals surface area contributed by atoms with Gasteiger partial charge in [-0.1, -0.05) is 83.2 Å². The molecule has 3 nitrogen and oxygen atoms in total. The predicted octanol–water partition coefficient (Wildman–Crippen LogP) is 8.15. The number of rotatable bonds is 11. The number of carbonyl (C=O) groups excluding carboxylic acids is 1. The Morgan fingerprint density at radius 2 is 1.71 bits per heavy atom. The molecule has 1 unspecified atom stereocenters. The number of nitrogens with zero attached hydrogens (tertiary/aromatic N) is 1. The third kappa shape index (κ3) is 7.20. The summed E-state index contributed by atoms with van der Waals surface area (Å²) in [6.45, 7) is 6.66. The van der Waals surface area contributed by atoms with E-state index in [0.29, 0.717) is 23.1 Å². The molecule has 1 fully saturated rings. The first-order valence-electron chi connectivity index (χ1n) is 13.4. The fraction of sp³-hybridized carbons (Fsp3) is 0.548. The fourth-order valence-corrected chi connectivity index (χ4v) is 5.26. The highest BCUT2D eigenvalue weighted by molar-refractivity contribution is 5.76. The van der Waals surface area contributed by atoms with Crippen molar-refractivity contribution in [2.45, 2.75) is 97.3 Å². The number of unbranched alkanes of at least 4 members (excludes halogenated alkanes) is 1. The predicted molar refractivity (Wildman–Crippen MR) is 139 cm³/mol. The van der Waals surface area contributed by atoms with Crippen molar-refractivity contribution in [3.8, 4) is 11.8 Å². The molecule has 3 rings (SSSR count). The summed E-state index contributed by atoms with van der Waals surface area (Å²) in [4.78, 5) is 12.9. The lowest BCUT2D eigenvalue weighted by Gasteiger charge is -2.27. The second-order valence-electron chi connectivity index (χ2n) is 10.0. The van der Waals surface area contributed by atoms with E-state index < -0.39 is 0 Å². The Bertz CT molecular complexity index is 948. The van der Waals surface area contributed by atoms with Gasteiger partial charge in [0.25, 0.3) is 0 Å². The van der Waals surface area contributed by atoms with Crippen molar-refractivity contribution in [1.82, 2.24) is 0 Å². The van der Waals surface area contributed by atoms with Crippen molar-refractivity contribution in [2.24, 2.45) is 11.8 Å². The molecule has 1 aliphatic carbocycles. The highest BCUT2D eigenvalue weighted by atomic mass is 16.5. The minimum atomic E-state index is -0.185. The molecule has 1 aliphatic rings. The zero-order valence-electron chi connectivity index (χ0n) is 21.3. The van der Waals surface area contributed by atoms with Gasteiger partial charge in [-0.2, -0.15) is 5.26 Å². The minimum absolute atomic E-state index is 0.0830. The monoisotopic (exact) mass is 459 g/mol. The molecule has 182 valence electrons. The summed E-state index contributed by atoms with van der Waals surface area (Å²) in [6.07, 6.45) is 11.8. The smallest absolute Gasteiger partial charge is 0.314 e. The summed E-state index contributed by atoms with van der Waals surface area (Å²) >= 11 is 0. The third-order valence-electron chi connectivity index (χ3n) is 7.49. The van der Waals surface area contributed by atoms with Crippen LogP contribution in [0.5, 0.6) is 5.75 Å². The number of nitriles is 1. The van der Waals surface area contributed by atoms with Crippen molar-refractivity contribution >= 4 is 5.97 Å². The van der Waals surface area contributed by atoms with Crippen molar-refractivity contribution in [1.29, 1.82) is 5.26 Å². The maximum Gasteiger partial charge on any atom is 0.314 e. The van der Waals surface area contributed by atoms with E-state index in [0.717, 1.165) is 50.5 Å². The van der Waals surface area contributed by atoms with Crippen LogP contribution in [0.4, 0.5) is 0 Å². The van der Waals surface area contributed by atoms with Gasteiger partial charge in [0.05, 0.1) is 11.5 Å². The Balaban J connectivity index is 1.55. The summed E-state index contributed by atoms with van der Waals surface area (Å²) in [5.41, 5.74) is 4.41. The minimum Gasteiger partial charge on any atom is -0.425 e. The van der Waals surface area contributed by atoms with Crippen molar-refractivity contribution in [3.63, 3.8) is 0 Å². The molecule has 1 atom stereocenters. The quantitative estimate of drug-likeness (QED) is 0.252. The van der Waals surface area contributed by atoms with E-state index in [4.69, 9.17) is 4.74 Å². The average Bonchev–Trinajstić information content (AvgIpc) is 2.88. The molecule has 0 bridgehead atoms. The lowest BCUT2D eigenvalue weighted by molar-refractivity contribution is -0.140. The molecule has 0 radical (unpaired) electrons. The van der Waals surface area contributed by atoms with Gasteiger partial charge in [-0.05, 0) is 79.2 Å². The second kappa shape index (κ2) is 13.3. The molecule has 0 aromatic heterocycles. The zero-order chi connectivity index (χ0) is 24.3. The topological polar surface area (TPSA) is 50.1 Å². The Kier molecular flexibility index (Phi) is 10.2. The average molecular weight is 460 g/mol. The van der Waals surface area contributed by atoms with Gasteiger partial charge in [0.15, 0.2) is 0 Å². The maximum atomic E-state index is 12.9. The first kappa shape index (κ1) is 26.0. The van der Waals surface area contributed by atoms with Crippen LogP contribution in [0.15, 0.2) is 42.5 Å². The van der Waals surface area contributed by atoms with Gasteiger partial charge in [0, 0.05) is 0 Å². The molecule has 0 amide bonds. The number of hydrogen-bond donors (Lipinski definition) is 0. The van der Waals surface area contributed by atoms with E-state index in [1.54, 1.807) is 0 Å². The number of ether oxygens (including phenoxy) is 1. The highest BCUT2D eigenvalue weighted by Crippen LogP contribution is 2.37.